The molecule has 140 valence electrons. The highest BCUT2D eigenvalue weighted by Gasteiger charge is 2.51. The summed E-state index contributed by atoms with van der Waals surface area (Å²) in [5.41, 5.74) is -0.121. The van der Waals surface area contributed by atoms with Gasteiger partial charge < -0.3 is 15.1 Å². The SMILES string of the molecule is Cl.Cl.O=C(N1CCN(c2ncccn2)CC1)[C@@]12CCCC[C@H]1CNC2. The van der Waals surface area contributed by atoms with E-state index in [1.165, 1.54) is 19.3 Å². The van der Waals surface area contributed by atoms with Crippen molar-refractivity contribution in [3.05, 3.63) is 18.5 Å². The van der Waals surface area contributed by atoms with E-state index < -0.39 is 0 Å². The van der Waals surface area contributed by atoms with Gasteiger partial charge in [0, 0.05) is 45.1 Å². The molecule has 0 spiro atoms. The molecule has 8 heteroatoms. The molecule has 3 aliphatic rings. The highest BCUT2D eigenvalue weighted by molar-refractivity contribution is 5.85. The Bertz CT molecular complexity index is 567. The van der Waals surface area contributed by atoms with E-state index in [2.05, 4.69) is 25.1 Å². The molecule has 0 bridgehead atoms. The lowest BCUT2D eigenvalue weighted by molar-refractivity contribution is -0.145. The second-order valence-corrected chi connectivity index (χ2v) is 7.06. The van der Waals surface area contributed by atoms with Crippen LogP contribution in [0.2, 0.25) is 0 Å². The second-order valence-electron chi connectivity index (χ2n) is 7.06. The summed E-state index contributed by atoms with van der Waals surface area (Å²) in [6.07, 6.45) is 8.29. The van der Waals surface area contributed by atoms with Crippen LogP contribution in [0.3, 0.4) is 0 Å². The molecule has 1 aliphatic carbocycles. The third kappa shape index (κ3) is 3.71. The normalized spacial score (nSPS) is 28.6. The van der Waals surface area contributed by atoms with Crippen LogP contribution in [0, 0.1) is 11.3 Å². The molecule has 3 heterocycles. The highest BCUT2D eigenvalue weighted by atomic mass is 35.5. The van der Waals surface area contributed by atoms with E-state index in [0.29, 0.717) is 11.8 Å². The number of carbonyl (C=O) groups is 1. The van der Waals surface area contributed by atoms with Crippen molar-refractivity contribution in [1.82, 2.24) is 20.2 Å². The number of halogens is 2. The fourth-order valence-corrected chi connectivity index (χ4v) is 4.55. The first-order valence-corrected chi connectivity index (χ1v) is 8.82. The average Bonchev–Trinajstić information content (AvgIpc) is 3.07. The number of carbonyl (C=O) groups excluding carboxylic acids is 1. The van der Waals surface area contributed by atoms with Crippen LogP contribution < -0.4 is 10.2 Å². The number of fused-ring (bicyclic) bond motifs is 1. The molecular weight excluding hydrogens is 361 g/mol. The number of nitrogens with one attached hydrogen (secondary N) is 1. The molecule has 25 heavy (non-hydrogen) atoms. The fraction of sp³-hybridized carbons (Fsp3) is 0.706. The lowest BCUT2D eigenvalue weighted by Gasteiger charge is -2.43. The Balaban J connectivity index is 0.00000113. The van der Waals surface area contributed by atoms with Gasteiger partial charge in [-0.05, 0) is 31.4 Å². The van der Waals surface area contributed by atoms with Gasteiger partial charge in [-0.3, -0.25) is 4.79 Å². The van der Waals surface area contributed by atoms with Gasteiger partial charge in [-0.25, -0.2) is 9.97 Å². The average molecular weight is 388 g/mol. The van der Waals surface area contributed by atoms with Gasteiger partial charge in [-0.1, -0.05) is 12.8 Å². The van der Waals surface area contributed by atoms with Gasteiger partial charge in [0.2, 0.25) is 11.9 Å². The summed E-state index contributed by atoms with van der Waals surface area (Å²) in [5, 5.41) is 3.48. The van der Waals surface area contributed by atoms with E-state index in [1.54, 1.807) is 12.4 Å². The lowest BCUT2D eigenvalue weighted by atomic mass is 9.67. The fourth-order valence-electron chi connectivity index (χ4n) is 4.55. The number of hydrogen-bond donors (Lipinski definition) is 1. The van der Waals surface area contributed by atoms with Crippen LogP contribution in [-0.2, 0) is 4.79 Å². The molecule has 6 nitrogen and oxygen atoms in total. The smallest absolute Gasteiger partial charge is 0.230 e. The standard InChI is InChI=1S/C17H25N5O.2ClH/c23-15(17-5-2-1-4-14(17)12-18-13-17)21-8-10-22(11-9-21)16-19-6-3-7-20-16;;/h3,6-7,14,18H,1-2,4-5,8-13H2;2*1H/t14-,17+;;/m0../s1. The number of hydrogen-bond acceptors (Lipinski definition) is 5. The van der Waals surface area contributed by atoms with Crippen molar-refractivity contribution in [3.8, 4) is 0 Å². The quantitative estimate of drug-likeness (QED) is 0.837. The van der Waals surface area contributed by atoms with Gasteiger partial charge in [0.25, 0.3) is 0 Å². The van der Waals surface area contributed by atoms with Gasteiger partial charge >= 0.3 is 0 Å². The summed E-state index contributed by atoms with van der Waals surface area (Å²) in [5.74, 6) is 1.70. The molecule has 1 aromatic heterocycles. The summed E-state index contributed by atoms with van der Waals surface area (Å²) >= 11 is 0. The minimum Gasteiger partial charge on any atom is -0.339 e. The first-order chi connectivity index (χ1) is 11.3. The van der Waals surface area contributed by atoms with Crippen molar-refractivity contribution in [2.75, 3.05) is 44.2 Å². The van der Waals surface area contributed by atoms with Gasteiger partial charge in [0.15, 0.2) is 0 Å². The Kier molecular flexibility index (Phi) is 6.88. The lowest BCUT2D eigenvalue weighted by Crippen LogP contribution is -2.56. The van der Waals surface area contributed by atoms with Crippen molar-refractivity contribution in [2.24, 2.45) is 11.3 Å². The number of nitrogens with zero attached hydrogens (tertiary/aromatic N) is 4. The van der Waals surface area contributed by atoms with Crippen molar-refractivity contribution in [2.45, 2.75) is 25.7 Å². The minimum absolute atomic E-state index is 0. The third-order valence-corrected chi connectivity index (χ3v) is 5.87. The first-order valence-electron chi connectivity index (χ1n) is 8.82. The molecule has 0 aromatic carbocycles. The van der Waals surface area contributed by atoms with E-state index in [9.17, 15) is 4.79 Å². The number of piperazine rings is 1. The number of aromatic nitrogens is 2. The molecule has 0 unspecified atom stereocenters. The van der Waals surface area contributed by atoms with Crippen LogP contribution in [0.4, 0.5) is 5.95 Å². The van der Waals surface area contributed by atoms with E-state index in [-0.39, 0.29) is 30.2 Å². The van der Waals surface area contributed by atoms with Crippen LogP contribution in [0.15, 0.2) is 18.5 Å². The number of amides is 1. The summed E-state index contributed by atoms with van der Waals surface area (Å²) in [4.78, 5) is 26.1. The van der Waals surface area contributed by atoms with Crippen molar-refractivity contribution in [3.63, 3.8) is 0 Å². The zero-order valence-corrected chi connectivity index (χ0v) is 16.0. The summed E-state index contributed by atoms with van der Waals surface area (Å²) in [7, 11) is 0. The third-order valence-electron chi connectivity index (χ3n) is 5.87. The molecule has 1 N–H and O–H groups in total. The number of anilines is 1. The van der Waals surface area contributed by atoms with E-state index in [4.69, 9.17) is 0 Å². The van der Waals surface area contributed by atoms with Gasteiger partial charge in [0.05, 0.1) is 5.41 Å². The van der Waals surface area contributed by atoms with Gasteiger partial charge in [-0.2, -0.15) is 0 Å². The molecule has 0 radical (unpaired) electrons. The summed E-state index contributed by atoms with van der Waals surface area (Å²) in [6.45, 7) is 5.10. The molecule has 2 atom stereocenters. The topological polar surface area (TPSA) is 61.4 Å². The molecular formula is C17H27Cl2N5O. The first kappa shape index (κ1) is 20.2. The molecule has 3 fully saturated rings. The van der Waals surface area contributed by atoms with Crippen LogP contribution in [0.1, 0.15) is 25.7 Å². The van der Waals surface area contributed by atoms with E-state index in [0.717, 1.165) is 51.6 Å². The maximum absolute atomic E-state index is 13.2. The molecule has 2 aliphatic heterocycles. The number of rotatable bonds is 2. The van der Waals surface area contributed by atoms with Crippen molar-refractivity contribution >= 4 is 36.7 Å². The second kappa shape index (κ2) is 8.52. The zero-order chi connectivity index (χ0) is 15.7. The molecule has 4 rings (SSSR count). The van der Waals surface area contributed by atoms with E-state index >= 15 is 0 Å². The summed E-state index contributed by atoms with van der Waals surface area (Å²) in [6, 6.07) is 1.83. The molecule has 1 amide bonds. The zero-order valence-electron chi connectivity index (χ0n) is 14.4. The Morgan fingerprint density at radius 3 is 2.56 bits per heavy atom. The van der Waals surface area contributed by atoms with Gasteiger partial charge in [0.1, 0.15) is 0 Å². The Morgan fingerprint density at radius 1 is 1.12 bits per heavy atom. The summed E-state index contributed by atoms with van der Waals surface area (Å²) < 4.78 is 0. The van der Waals surface area contributed by atoms with Crippen LogP contribution in [0.25, 0.3) is 0 Å². The van der Waals surface area contributed by atoms with Gasteiger partial charge in [-0.15, -0.1) is 24.8 Å². The minimum atomic E-state index is -0.121. The van der Waals surface area contributed by atoms with Crippen LogP contribution in [0.5, 0.6) is 0 Å². The largest absolute Gasteiger partial charge is 0.339 e. The van der Waals surface area contributed by atoms with Crippen molar-refractivity contribution < 1.29 is 4.79 Å². The molecule has 2 saturated heterocycles. The van der Waals surface area contributed by atoms with Crippen LogP contribution >= 0.6 is 24.8 Å². The Hall–Kier alpha value is -1.11. The Morgan fingerprint density at radius 2 is 1.84 bits per heavy atom. The van der Waals surface area contributed by atoms with E-state index in [1.807, 2.05) is 6.07 Å². The molecule has 1 aromatic rings. The maximum Gasteiger partial charge on any atom is 0.230 e. The molecule has 1 saturated carbocycles. The predicted octanol–water partition coefficient (Wildman–Crippen LogP) is 1.75. The van der Waals surface area contributed by atoms with Crippen molar-refractivity contribution in [1.29, 1.82) is 0 Å². The highest BCUT2D eigenvalue weighted by Crippen LogP contribution is 2.45. The van der Waals surface area contributed by atoms with Crippen LogP contribution in [-0.4, -0.2) is 60.0 Å². The predicted molar refractivity (Wildman–Crippen MR) is 103 cm³/mol. The monoisotopic (exact) mass is 387 g/mol. The Labute approximate surface area is 161 Å². The maximum atomic E-state index is 13.2.